The van der Waals surface area contributed by atoms with E-state index in [0.29, 0.717) is 17.9 Å². The second-order valence-corrected chi connectivity index (χ2v) is 5.76. The predicted molar refractivity (Wildman–Crippen MR) is 80.4 cm³/mol. The number of hydrazone groups is 1. The minimum atomic E-state index is -1.40. The molecule has 0 spiro atoms. The molecule has 0 saturated carbocycles. The summed E-state index contributed by atoms with van der Waals surface area (Å²) in [5.74, 6) is -0.576. The predicted octanol–water partition coefficient (Wildman–Crippen LogP) is 0.839. The summed E-state index contributed by atoms with van der Waals surface area (Å²) in [6.45, 7) is 0.412. The number of halogens is 1. The van der Waals surface area contributed by atoms with Crippen molar-refractivity contribution >= 4 is 23.2 Å². The molecule has 6 nitrogen and oxygen atoms in total. The molecule has 116 valence electrons. The first-order valence-electron chi connectivity index (χ1n) is 6.38. The summed E-state index contributed by atoms with van der Waals surface area (Å²) in [6.07, 6.45) is 2.29. The number of rotatable bonds is 8. The fourth-order valence-electron chi connectivity index (χ4n) is 1.33. The van der Waals surface area contributed by atoms with Gasteiger partial charge in [0, 0.05) is 27.1 Å². The normalized spacial score (nSPS) is 12.3. The number of amides is 1. The first-order chi connectivity index (χ1) is 9.99. The molecule has 1 amide bonds. The van der Waals surface area contributed by atoms with Crippen LogP contribution in [0.25, 0.3) is 0 Å². The smallest absolute Gasteiger partial charge is 0.240 e. The summed E-state index contributed by atoms with van der Waals surface area (Å²) in [5, 5.41) is 3.73. The largest absolute Gasteiger partial charge is 0.367 e. The van der Waals surface area contributed by atoms with Crippen LogP contribution in [0.3, 0.4) is 0 Å². The van der Waals surface area contributed by atoms with Crippen LogP contribution in [0.5, 0.6) is 0 Å². The average molecular weight is 314 g/mol. The Morgan fingerprint density at radius 3 is 2.67 bits per heavy atom. The first kappa shape index (κ1) is 17.3. The third-order valence-electron chi connectivity index (χ3n) is 2.32. The van der Waals surface area contributed by atoms with Crippen molar-refractivity contribution in [3.05, 3.63) is 30.1 Å². The van der Waals surface area contributed by atoms with Gasteiger partial charge in [0.05, 0.1) is 4.90 Å². The summed E-state index contributed by atoms with van der Waals surface area (Å²) >= 11 is 0. The van der Waals surface area contributed by atoms with E-state index in [1.54, 1.807) is 19.0 Å². The van der Waals surface area contributed by atoms with E-state index < -0.39 is 11.0 Å². The molecule has 1 aromatic carbocycles. The van der Waals surface area contributed by atoms with Crippen molar-refractivity contribution in [3.63, 3.8) is 0 Å². The lowest BCUT2D eigenvalue weighted by Crippen LogP contribution is -2.23. The van der Waals surface area contributed by atoms with E-state index in [1.807, 2.05) is 0 Å². The first-order valence-corrected chi connectivity index (χ1v) is 7.53. The number of nitrogens with zero attached hydrogens (tertiary/aromatic N) is 2. The van der Waals surface area contributed by atoms with Crippen LogP contribution in [0.15, 0.2) is 34.3 Å². The Labute approximate surface area is 126 Å². The van der Waals surface area contributed by atoms with Crippen molar-refractivity contribution < 1.29 is 13.4 Å². The number of hydrogen-bond acceptors (Lipinski definition) is 3. The molecule has 1 aromatic rings. The third-order valence-corrected chi connectivity index (χ3v) is 3.49. The Hall–Kier alpha value is -1.80. The van der Waals surface area contributed by atoms with Crippen LogP contribution in [0, 0.1) is 5.82 Å². The van der Waals surface area contributed by atoms with Crippen molar-refractivity contribution in [2.75, 3.05) is 20.6 Å². The summed E-state index contributed by atoms with van der Waals surface area (Å²) in [6, 6.07) is 5.43. The van der Waals surface area contributed by atoms with Gasteiger partial charge in [0.25, 0.3) is 0 Å². The van der Waals surface area contributed by atoms with Gasteiger partial charge in [-0.25, -0.2) is 18.7 Å². The lowest BCUT2D eigenvalue weighted by Gasteiger charge is -2.05. The molecule has 0 saturated heterocycles. The molecule has 2 N–H and O–H groups in total. The van der Waals surface area contributed by atoms with Crippen LogP contribution in [0.4, 0.5) is 4.39 Å². The standard InChI is InChI=1S/C13H19FN4O2S/c1-18(2)10-15-17-13(19)4-3-9-16-21(20)12-7-5-11(14)6-8-12/h5-8,10,16H,3-4,9H2,1-2H3,(H,17,19)/b15-10+. The van der Waals surface area contributed by atoms with Crippen molar-refractivity contribution in [3.8, 4) is 0 Å². The van der Waals surface area contributed by atoms with Gasteiger partial charge in [-0.3, -0.25) is 4.79 Å². The molecule has 0 bridgehead atoms. The Balaban J connectivity index is 2.20. The van der Waals surface area contributed by atoms with E-state index in [0.717, 1.165) is 0 Å². The van der Waals surface area contributed by atoms with Gasteiger partial charge >= 0.3 is 0 Å². The molecular formula is C13H19FN4O2S. The van der Waals surface area contributed by atoms with Crippen LogP contribution in [0.2, 0.25) is 0 Å². The number of nitrogens with one attached hydrogen (secondary N) is 2. The van der Waals surface area contributed by atoms with Crippen LogP contribution in [0.1, 0.15) is 12.8 Å². The highest BCUT2D eigenvalue weighted by molar-refractivity contribution is 7.83. The summed E-state index contributed by atoms with van der Waals surface area (Å²) in [5.41, 5.74) is 2.38. The van der Waals surface area contributed by atoms with Crippen molar-refractivity contribution in [2.45, 2.75) is 17.7 Å². The van der Waals surface area contributed by atoms with E-state index in [2.05, 4.69) is 15.2 Å². The molecule has 1 rings (SSSR count). The van der Waals surface area contributed by atoms with Gasteiger partial charge in [0.2, 0.25) is 5.91 Å². The molecule has 0 aliphatic heterocycles. The Morgan fingerprint density at radius 1 is 1.38 bits per heavy atom. The van der Waals surface area contributed by atoms with Gasteiger partial charge in [-0.05, 0) is 30.7 Å². The summed E-state index contributed by atoms with van der Waals surface area (Å²) in [7, 11) is 2.19. The second-order valence-electron chi connectivity index (χ2n) is 4.46. The van der Waals surface area contributed by atoms with Crippen molar-refractivity contribution in [1.29, 1.82) is 0 Å². The molecule has 0 radical (unpaired) electrons. The van der Waals surface area contributed by atoms with E-state index in [1.165, 1.54) is 30.6 Å². The minimum absolute atomic E-state index is 0.206. The molecule has 0 aliphatic rings. The quantitative estimate of drug-likeness (QED) is 0.323. The molecule has 0 aliphatic carbocycles. The average Bonchev–Trinajstić information content (AvgIpc) is 2.43. The fraction of sp³-hybridized carbons (Fsp3) is 0.385. The lowest BCUT2D eigenvalue weighted by atomic mass is 10.3. The SMILES string of the molecule is CN(C)/C=N/NC(=O)CCCNS(=O)c1ccc(F)cc1. The maximum Gasteiger partial charge on any atom is 0.240 e. The van der Waals surface area contributed by atoms with Crippen molar-refractivity contribution in [2.24, 2.45) is 5.10 Å². The molecule has 1 unspecified atom stereocenters. The molecule has 0 fully saturated rings. The number of carbonyl (C=O) groups excluding carboxylic acids is 1. The lowest BCUT2D eigenvalue weighted by molar-refractivity contribution is -0.121. The highest BCUT2D eigenvalue weighted by Gasteiger charge is 2.04. The maximum atomic E-state index is 12.7. The summed E-state index contributed by atoms with van der Waals surface area (Å²) < 4.78 is 27.3. The van der Waals surface area contributed by atoms with Crippen LogP contribution in [-0.4, -0.2) is 42.0 Å². The molecule has 8 heteroatoms. The van der Waals surface area contributed by atoms with Gasteiger partial charge in [-0.1, -0.05) is 0 Å². The number of hydrogen-bond donors (Lipinski definition) is 2. The monoisotopic (exact) mass is 314 g/mol. The van der Waals surface area contributed by atoms with Crippen LogP contribution >= 0.6 is 0 Å². The van der Waals surface area contributed by atoms with E-state index in [9.17, 15) is 13.4 Å². The third kappa shape index (κ3) is 7.52. The van der Waals surface area contributed by atoms with E-state index in [-0.39, 0.29) is 18.1 Å². The maximum absolute atomic E-state index is 12.7. The topological polar surface area (TPSA) is 73.8 Å². The number of carbonyl (C=O) groups is 1. The highest BCUT2D eigenvalue weighted by atomic mass is 32.2. The second kappa shape index (κ2) is 9.19. The van der Waals surface area contributed by atoms with E-state index >= 15 is 0 Å². The zero-order valence-corrected chi connectivity index (χ0v) is 12.8. The molecule has 0 heterocycles. The number of benzene rings is 1. The Morgan fingerprint density at radius 2 is 2.05 bits per heavy atom. The molecule has 0 aromatic heterocycles. The van der Waals surface area contributed by atoms with Crippen molar-refractivity contribution in [1.82, 2.24) is 15.0 Å². The summed E-state index contributed by atoms with van der Waals surface area (Å²) in [4.78, 5) is 13.6. The Bertz CT molecular complexity index is 505. The fourth-order valence-corrected chi connectivity index (χ4v) is 2.21. The molecule has 1 atom stereocenters. The Kier molecular flexibility index (Phi) is 7.55. The van der Waals surface area contributed by atoms with Crippen LogP contribution < -0.4 is 10.1 Å². The zero-order chi connectivity index (χ0) is 15.7. The highest BCUT2D eigenvalue weighted by Crippen LogP contribution is 2.06. The molecular weight excluding hydrogens is 295 g/mol. The minimum Gasteiger partial charge on any atom is -0.367 e. The van der Waals surface area contributed by atoms with Gasteiger partial charge in [-0.15, -0.1) is 0 Å². The van der Waals surface area contributed by atoms with Crippen LogP contribution in [-0.2, 0) is 15.8 Å². The van der Waals surface area contributed by atoms with Gasteiger partial charge in [0.1, 0.15) is 23.1 Å². The van der Waals surface area contributed by atoms with E-state index in [4.69, 9.17) is 0 Å². The van der Waals surface area contributed by atoms with Gasteiger partial charge in [0.15, 0.2) is 0 Å². The van der Waals surface area contributed by atoms with Gasteiger partial charge in [-0.2, -0.15) is 5.10 Å². The molecule has 21 heavy (non-hydrogen) atoms. The zero-order valence-electron chi connectivity index (χ0n) is 12.0. The van der Waals surface area contributed by atoms with Gasteiger partial charge < -0.3 is 4.90 Å².